The first-order valence-electron chi connectivity index (χ1n) is 11.1. The number of aromatic hydroxyl groups is 1. The zero-order chi connectivity index (χ0) is 23.7. The number of nitrogens with one attached hydrogen (secondary N) is 1. The molecule has 4 rings (SSSR count). The molecule has 3 atom stereocenters. The number of hydrogen-bond acceptors (Lipinski definition) is 6. The second-order valence-corrected chi connectivity index (χ2v) is 8.85. The van der Waals surface area contributed by atoms with E-state index in [4.69, 9.17) is 9.47 Å². The minimum Gasteiger partial charge on any atom is -0.508 e. The van der Waals surface area contributed by atoms with Crippen molar-refractivity contribution in [2.75, 3.05) is 7.11 Å². The standard InChI is InChI=1S/C27H29NO5/c1-15(2)33-27(31)24-16(3)28-21-13-18(20-7-5-6-8-23(20)32-4)14-22(30)26(21)25(24)17-9-11-19(29)12-10-17/h5-12,15,18,24-25,28-29H,3,13-14H2,1-2,4H3. The van der Waals surface area contributed by atoms with Crippen LogP contribution in [0.5, 0.6) is 11.5 Å². The lowest BCUT2D eigenvalue weighted by molar-refractivity contribution is -0.151. The van der Waals surface area contributed by atoms with Gasteiger partial charge in [0.25, 0.3) is 0 Å². The summed E-state index contributed by atoms with van der Waals surface area (Å²) in [5, 5.41) is 13.1. The fourth-order valence-corrected chi connectivity index (χ4v) is 4.90. The molecule has 1 heterocycles. The maximum Gasteiger partial charge on any atom is 0.316 e. The predicted octanol–water partition coefficient (Wildman–Crippen LogP) is 4.57. The smallest absolute Gasteiger partial charge is 0.316 e. The molecule has 0 spiro atoms. The van der Waals surface area contributed by atoms with Gasteiger partial charge in [0.05, 0.1) is 13.2 Å². The molecule has 0 saturated carbocycles. The molecule has 1 aliphatic carbocycles. The number of ether oxygens (including phenoxy) is 2. The third-order valence-electron chi connectivity index (χ3n) is 6.28. The van der Waals surface area contributed by atoms with Crippen LogP contribution in [0.2, 0.25) is 0 Å². The number of ketones is 1. The molecule has 2 N–H and O–H groups in total. The number of para-hydroxylation sites is 1. The molecule has 172 valence electrons. The van der Waals surface area contributed by atoms with Gasteiger partial charge >= 0.3 is 5.97 Å². The highest BCUT2D eigenvalue weighted by atomic mass is 16.5. The van der Waals surface area contributed by atoms with E-state index in [0.29, 0.717) is 24.1 Å². The highest BCUT2D eigenvalue weighted by Crippen LogP contribution is 2.48. The molecule has 1 aliphatic heterocycles. The fourth-order valence-electron chi connectivity index (χ4n) is 4.90. The number of carbonyl (C=O) groups is 2. The summed E-state index contributed by atoms with van der Waals surface area (Å²) in [5.41, 5.74) is 3.61. The van der Waals surface area contributed by atoms with Crippen molar-refractivity contribution in [3.63, 3.8) is 0 Å². The monoisotopic (exact) mass is 447 g/mol. The average molecular weight is 448 g/mol. The maximum absolute atomic E-state index is 13.6. The summed E-state index contributed by atoms with van der Waals surface area (Å²) in [5.74, 6) is -0.906. The molecule has 33 heavy (non-hydrogen) atoms. The van der Waals surface area contributed by atoms with Crippen molar-refractivity contribution in [3.05, 3.63) is 83.2 Å². The van der Waals surface area contributed by atoms with E-state index < -0.39 is 17.8 Å². The van der Waals surface area contributed by atoms with Gasteiger partial charge in [0, 0.05) is 35.2 Å². The van der Waals surface area contributed by atoms with Crippen LogP contribution >= 0.6 is 0 Å². The van der Waals surface area contributed by atoms with Crippen molar-refractivity contribution in [2.45, 2.75) is 44.6 Å². The Morgan fingerprint density at radius 1 is 1.12 bits per heavy atom. The molecule has 2 aromatic carbocycles. The molecule has 0 aromatic heterocycles. The van der Waals surface area contributed by atoms with Gasteiger partial charge < -0.3 is 19.9 Å². The Labute approximate surface area is 193 Å². The molecular formula is C27H29NO5. The second kappa shape index (κ2) is 9.14. The van der Waals surface area contributed by atoms with Gasteiger partial charge in [-0.15, -0.1) is 0 Å². The SMILES string of the molecule is C=C1NC2=C(C(=O)CC(c3ccccc3OC)C2)C(c2ccc(O)cc2)C1C(=O)OC(C)C. The van der Waals surface area contributed by atoms with Crippen LogP contribution < -0.4 is 10.1 Å². The Balaban J connectivity index is 1.79. The lowest BCUT2D eigenvalue weighted by Gasteiger charge is -2.40. The number of hydrogen-bond donors (Lipinski definition) is 2. The van der Waals surface area contributed by atoms with Crippen molar-refractivity contribution in [2.24, 2.45) is 5.92 Å². The molecule has 0 fully saturated rings. The zero-order valence-corrected chi connectivity index (χ0v) is 19.1. The summed E-state index contributed by atoms with van der Waals surface area (Å²) in [6.45, 7) is 7.72. The van der Waals surface area contributed by atoms with Gasteiger partial charge in [-0.1, -0.05) is 36.9 Å². The summed E-state index contributed by atoms with van der Waals surface area (Å²) in [6.07, 6.45) is 0.618. The number of carbonyl (C=O) groups excluding carboxylic acids is 2. The van der Waals surface area contributed by atoms with E-state index in [1.165, 1.54) is 0 Å². The Hall–Kier alpha value is -3.54. The van der Waals surface area contributed by atoms with Gasteiger partial charge in [-0.3, -0.25) is 9.59 Å². The van der Waals surface area contributed by atoms with Gasteiger partial charge in [0.2, 0.25) is 0 Å². The lowest BCUT2D eigenvalue weighted by atomic mass is 9.69. The molecular weight excluding hydrogens is 418 g/mol. The van der Waals surface area contributed by atoms with Gasteiger partial charge in [-0.2, -0.15) is 0 Å². The molecule has 0 bridgehead atoms. The summed E-state index contributed by atoms with van der Waals surface area (Å²) >= 11 is 0. The van der Waals surface area contributed by atoms with E-state index in [-0.39, 0.29) is 23.6 Å². The first kappa shape index (κ1) is 22.6. The number of benzene rings is 2. The number of rotatable bonds is 5. The Morgan fingerprint density at radius 3 is 2.48 bits per heavy atom. The van der Waals surface area contributed by atoms with Crippen molar-refractivity contribution in [3.8, 4) is 11.5 Å². The molecule has 6 heteroatoms. The average Bonchev–Trinajstić information content (AvgIpc) is 2.78. The van der Waals surface area contributed by atoms with E-state index >= 15 is 0 Å². The predicted molar refractivity (Wildman–Crippen MR) is 125 cm³/mol. The van der Waals surface area contributed by atoms with Crippen LogP contribution in [0.3, 0.4) is 0 Å². The van der Waals surface area contributed by atoms with Crippen molar-refractivity contribution in [1.82, 2.24) is 5.32 Å². The molecule has 0 saturated heterocycles. The molecule has 0 radical (unpaired) electrons. The maximum atomic E-state index is 13.6. The van der Waals surface area contributed by atoms with Crippen LogP contribution in [0.1, 0.15) is 49.7 Å². The Bertz CT molecular complexity index is 1120. The van der Waals surface area contributed by atoms with Crippen molar-refractivity contribution in [1.29, 1.82) is 0 Å². The Morgan fingerprint density at radius 2 is 1.82 bits per heavy atom. The summed E-state index contributed by atoms with van der Waals surface area (Å²) in [7, 11) is 1.63. The van der Waals surface area contributed by atoms with E-state index in [1.54, 1.807) is 45.2 Å². The molecule has 2 aliphatic rings. The highest BCUT2D eigenvalue weighted by Gasteiger charge is 2.45. The molecule has 2 aromatic rings. The molecule has 3 unspecified atom stereocenters. The minimum atomic E-state index is -0.748. The third-order valence-corrected chi connectivity index (χ3v) is 6.28. The van der Waals surface area contributed by atoms with Crippen LogP contribution in [0.25, 0.3) is 0 Å². The second-order valence-electron chi connectivity index (χ2n) is 8.85. The quantitative estimate of drug-likeness (QED) is 0.653. The number of allylic oxidation sites excluding steroid dienone is 2. The topological polar surface area (TPSA) is 84.9 Å². The highest BCUT2D eigenvalue weighted by molar-refractivity contribution is 6.01. The third kappa shape index (κ3) is 4.38. The van der Waals surface area contributed by atoms with E-state index in [2.05, 4.69) is 11.9 Å². The first-order chi connectivity index (χ1) is 15.8. The number of methoxy groups -OCH3 is 1. The van der Waals surface area contributed by atoms with E-state index in [1.807, 2.05) is 24.3 Å². The number of phenols is 1. The fraction of sp³-hybridized carbons (Fsp3) is 0.333. The molecule has 0 amide bonds. The lowest BCUT2D eigenvalue weighted by Crippen LogP contribution is -2.42. The summed E-state index contributed by atoms with van der Waals surface area (Å²) < 4.78 is 11.1. The number of phenolic OH excluding ortho intramolecular Hbond substituents is 1. The normalized spacial score (nSPS) is 22.6. The van der Waals surface area contributed by atoms with Crippen LogP contribution in [0.4, 0.5) is 0 Å². The minimum absolute atomic E-state index is 0.0208. The summed E-state index contributed by atoms with van der Waals surface area (Å²) in [4.78, 5) is 26.7. The first-order valence-corrected chi connectivity index (χ1v) is 11.1. The van der Waals surface area contributed by atoms with E-state index in [9.17, 15) is 14.7 Å². The van der Waals surface area contributed by atoms with E-state index in [0.717, 1.165) is 22.6 Å². The van der Waals surface area contributed by atoms with Gasteiger partial charge in [-0.05, 0) is 49.6 Å². The Kier molecular flexibility index (Phi) is 6.27. The number of Topliss-reactive ketones (excluding diaryl/α,β-unsaturated/α-hetero) is 1. The zero-order valence-electron chi connectivity index (χ0n) is 19.1. The van der Waals surface area contributed by atoms with Crippen molar-refractivity contribution < 1.29 is 24.2 Å². The van der Waals surface area contributed by atoms with Crippen molar-refractivity contribution >= 4 is 11.8 Å². The van der Waals surface area contributed by atoms with Gasteiger partial charge in [-0.25, -0.2) is 0 Å². The molecule has 6 nitrogen and oxygen atoms in total. The number of esters is 1. The summed E-state index contributed by atoms with van der Waals surface area (Å²) in [6, 6.07) is 14.4. The largest absolute Gasteiger partial charge is 0.508 e. The van der Waals surface area contributed by atoms with Gasteiger partial charge in [0.1, 0.15) is 17.4 Å². The van der Waals surface area contributed by atoms with Gasteiger partial charge in [0.15, 0.2) is 5.78 Å². The van der Waals surface area contributed by atoms with Crippen LogP contribution in [0, 0.1) is 5.92 Å². The van der Waals surface area contributed by atoms with Crippen LogP contribution in [-0.4, -0.2) is 30.1 Å². The van der Waals surface area contributed by atoms with Crippen LogP contribution in [-0.2, 0) is 14.3 Å². The van der Waals surface area contributed by atoms with Crippen LogP contribution in [0.15, 0.2) is 72.1 Å².